The number of H-pyrrole nitrogens is 1. The molecular weight excluding hydrogens is 282 g/mol. The van der Waals surface area contributed by atoms with Crippen LogP contribution in [0.5, 0.6) is 0 Å². The van der Waals surface area contributed by atoms with Crippen molar-refractivity contribution in [2.45, 2.75) is 16.6 Å². The normalized spacial score (nSPS) is 11.2. The predicted molar refractivity (Wildman–Crippen MR) is 74.8 cm³/mol. The lowest BCUT2D eigenvalue weighted by Gasteiger charge is -2.01. The van der Waals surface area contributed by atoms with Crippen molar-refractivity contribution in [1.82, 2.24) is 19.4 Å². The van der Waals surface area contributed by atoms with Crippen LogP contribution in [0, 0.1) is 0 Å². The maximum Gasteiger partial charge on any atom is 0.251 e. The number of aromatic amines is 1. The van der Waals surface area contributed by atoms with Gasteiger partial charge < -0.3 is 10.7 Å². The van der Waals surface area contributed by atoms with Gasteiger partial charge in [0.25, 0.3) is 5.56 Å². The first-order valence-electron chi connectivity index (χ1n) is 5.65. The standard InChI is InChI=1S/C11H11N5OS2/c12-3-1-7-9(15-11-16(7)5-6-18-11)19-10-13-4-2-8(17)14-10/h2,4-6H,1,3,12H2,(H,13,14,17). The summed E-state index contributed by atoms with van der Waals surface area (Å²) in [6, 6.07) is 1.39. The molecule has 19 heavy (non-hydrogen) atoms. The summed E-state index contributed by atoms with van der Waals surface area (Å²) in [5.74, 6) is 0. The molecule has 0 fully saturated rings. The summed E-state index contributed by atoms with van der Waals surface area (Å²) >= 11 is 2.92. The molecule has 0 bridgehead atoms. The van der Waals surface area contributed by atoms with Gasteiger partial charge in [-0.15, -0.1) is 11.3 Å². The number of aromatic nitrogens is 4. The fourth-order valence-corrected chi connectivity index (χ4v) is 3.44. The quantitative estimate of drug-likeness (QED) is 0.704. The zero-order valence-electron chi connectivity index (χ0n) is 9.87. The molecule has 0 saturated carbocycles. The Morgan fingerprint density at radius 2 is 2.42 bits per heavy atom. The number of nitrogens with two attached hydrogens (primary N) is 1. The monoisotopic (exact) mass is 293 g/mol. The van der Waals surface area contributed by atoms with Crippen molar-refractivity contribution >= 4 is 28.1 Å². The molecule has 3 N–H and O–H groups in total. The van der Waals surface area contributed by atoms with Crippen molar-refractivity contribution in [2.75, 3.05) is 6.54 Å². The second-order valence-corrected chi connectivity index (χ2v) is 5.65. The van der Waals surface area contributed by atoms with Gasteiger partial charge in [0.1, 0.15) is 5.03 Å². The lowest BCUT2D eigenvalue weighted by molar-refractivity contribution is 0.873. The van der Waals surface area contributed by atoms with Crippen LogP contribution in [0.4, 0.5) is 0 Å². The Morgan fingerprint density at radius 1 is 1.53 bits per heavy atom. The van der Waals surface area contributed by atoms with E-state index in [2.05, 4.69) is 15.0 Å². The van der Waals surface area contributed by atoms with E-state index < -0.39 is 0 Å². The van der Waals surface area contributed by atoms with Crippen LogP contribution in [-0.2, 0) is 6.42 Å². The van der Waals surface area contributed by atoms with E-state index in [4.69, 9.17) is 5.73 Å². The van der Waals surface area contributed by atoms with Crippen molar-refractivity contribution in [1.29, 1.82) is 0 Å². The molecule has 0 aliphatic heterocycles. The Kier molecular flexibility index (Phi) is 3.36. The van der Waals surface area contributed by atoms with E-state index in [0.29, 0.717) is 11.7 Å². The fourth-order valence-electron chi connectivity index (χ4n) is 1.75. The van der Waals surface area contributed by atoms with E-state index in [0.717, 1.165) is 22.1 Å². The molecule has 0 spiro atoms. The van der Waals surface area contributed by atoms with Gasteiger partial charge in [0, 0.05) is 30.3 Å². The molecule has 0 aliphatic carbocycles. The van der Waals surface area contributed by atoms with Crippen LogP contribution in [0.3, 0.4) is 0 Å². The van der Waals surface area contributed by atoms with E-state index in [-0.39, 0.29) is 5.56 Å². The highest BCUT2D eigenvalue weighted by Gasteiger charge is 2.14. The molecule has 0 radical (unpaired) electrons. The second kappa shape index (κ2) is 5.16. The molecule has 8 heteroatoms. The molecule has 98 valence electrons. The van der Waals surface area contributed by atoms with E-state index >= 15 is 0 Å². The summed E-state index contributed by atoms with van der Waals surface area (Å²) in [6.07, 6.45) is 4.20. The molecule has 0 atom stereocenters. The fraction of sp³-hybridized carbons (Fsp3) is 0.182. The summed E-state index contributed by atoms with van der Waals surface area (Å²) in [7, 11) is 0. The van der Waals surface area contributed by atoms with E-state index in [1.54, 1.807) is 11.3 Å². The van der Waals surface area contributed by atoms with Gasteiger partial charge >= 0.3 is 0 Å². The first-order valence-corrected chi connectivity index (χ1v) is 7.35. The van der Waals surface area contributed by atoms with Crippen LogP contribution >= 0.6 is 23.1 Å². The van der Waals surface area contributed by atoms with Gasteiger partial charge in [-0.05, 0) is 18.3 Å². The predicted octanol–water partition coefficient (Wildman–Crippen LogP) is 1.13. The first-order chi connectivity index (χ1) is 9.28. The third kappa shape index (κ3) is 2.42. The highest BCUT2D eigenvalue weighted by molar-refractivity contribution is 7.99. The van der Waals surface area contributed by atoms with Crippen LogP contribution in [0.2, 0.25) is 0 Å². The molecular formula is C11H11N5OS2. The Labute approximate surface area is 116 Å². The van der Waals surface area contributed by atoms with Crippen LogP contribution in [-0.4, -0.2) is 25.9 Å². The third-order valence-corrected chi connectivity index (χ3v) is 4.22. The van der Waals surface area contributed by atoms with Crippen LogP contribution in [0.15, 0.2) is 38.8 Å². The Bertz CT molecular complexity index is 760. The smallest absolute Gasteiger partial charge is 0.251 e. The Balaban J connectivity index is 2.02. The number of hydrogen-bond donors (Lipinski definition) is 2. The maximum atomic E-state index is 11.3. The second-order valence-electron chi connectivity index (χ2n) is 3.80. The number of hydrogen-bond acceptors (Lipinski definition) is 6. The summed E-state index contributed by atoms with van der Waals surface area (Å²) in [5.41, 5.74) is 6.53. The Hall–Kier alpha value is -1.64. The minimum atomic E-state index is -0.168. The van der Waals surface area contributed by atoms with Gasteiger partial charge in [-0.3, -0.25) is 9.20 Å². The molecule has 3 aromatic rings. The van der Waals surface area contributed by atoms with Gasteiger partial charge in [-0.1, -0.05) is 0 Å². The van der Waals surface area contributed by atoms with Gasteiger partial charge in [0.2, 0.25) is 0 Å². The van der Waals surface area contributed by atoms with Gasteiger partial charge in [0.15, 0.2) is 10.1 Å². The molecule has 0 saturated heterocycles. The van der Waals surface area contributed by atoms with Crippen LogP contribution in [0.1, 0.15) is 5.69 Å². The average Bonchev–Trinajstić information content (AvgIpc) is 2.93. The maximum absolute atomic E-state index is 11.3. The molecule has 3 aromatic heterocycles. The third-order valence-electron chi connectivity index (χ3n) is 2.55. The summed E-state index contributed by atoms with van der Waals surface area (Å²) in [6.45, 7) is 0.552. The van der Waals surface area contributed by atoms with Gasteiger partial charge in [-0.2, -0.15) is 0 Å². The summed E-state index contributed by atoms with van der Waals surface area (Å²) in [5, 5.41) is 3.36. The lowest BCUT2D eigenvalue weighted by Crippen LogP contribution is -2.07. The van der Waals surface area contributed by atoms with Crippen LogP contribution in [0.25, 0.3) is 4.96 Å². The largest absolute Gasteiger partial charge is 0.330 e. The van der Waals surface area contributed by atoms with E-state index in [1.165, 1.54) is 24.0 Å². The summed E-state index contributed by atoms with van der Waals surface area (Å²) < 4.78 is 2.03. The van der Waals surface area contributed by atoms with Gasteiger partial charge in [-0.25, -0.2) is 9.97 Å². The zero-order valence-corrected chi connectivity index (χ0v) is 11.5. The number of rotatable bonds is 4. The summed E-state index contributed by atoms with van der Waals surface area (Å²) in [4.78, 5) is 23.5. The molecule has 3 rings (SSSR count). The first kappa shape index (κ1) is 12.4. The number of thiazole rings is 1. The molecule has 0 unspecified atom stereocenters. The average molecular weight is 293 g/mol. The number of fused-ring (bicyclic) bond motifs is 1. The van der Waals surface area contributed by atoms with Crippen molar-refractivity contribution in [2.24, 2.45) is 5.73 Å². The molecule has 6 nitrogen and oxygen atoms in total. The van der Waals surface area contributed by atoms with Crippen LogP contribution < -0.4 is 11.3 Å². The van der Waals surface area contributed by atoms with Crippen molar-refractivity contribution in [3.63, 3.8) is 0 Å². The lowest BCUT2D eigenvalue weighted by atomic mass is 10.3. The SMILES string of the molecule is NCCc1c(Sc2nccc(=O)[nH]2)nc2sccn12. The molecule has 0 amide bonds. The highest BCUT2D eigenvalue weighted by Crippen LogP contribution is 2.29. The van der Waals surface area contributed by atoms with Crippen molar-refractivity contribution in [3.8, 4) is 0 Å². The number of imidazole rings is 1. The van der Waals surface area contributed by atoms with Crippen molar-refractivity contribution in [3.05, 3.63) is 39.9 Å². The molecule has 3 heterocycles. The topological polar surface area (TPSA) is 89.1 Å². The minimum Gasteiger partial charge on any atom is -0.330 e. The Morgan fingerprint density at radius 3 is 3.21 bits per heavy atom. The molecule has 0 aromatic carbocycles. The van der Waals surface area contributed by atoms with E-state index in [1.807, 2.05) is 16.0 Å². The number of nitrogens with zero attached hydrogens (tertiary/aromatic N) is 3. The molecule has 0 aliphatic rings. The van der Waals surface area contributed by atoms with Crippen molar-refractivity contribution < 1.29 is 0 Å². The highest BCUT2D eigenvalue weighted by atomic mass is 32.2. The van der Waals surface area contributed by atoms with Gasteiger partial charge in [0.05, 0.1) is 5.69 Å². The number of nitrogens with one attached hydrogen (secondary N) is 1. The minimum absolute atomic E-state index is 0.168. The van der Waals surface area contributed by atoms with E-state index in [9.17, 15) is 4.79 Å². The zero-order chi connectivity index (χ0) is 13.2.